The number of halogens is 2. The van der Waals surface area contributed by atoms with Crippen molar-refractivity contribution in [2.45, 2.75) is 38.8 Å². The van der Waals surface area contributed by atoms with Gasteiger partial charge in [-0.05, 0) is 55.5 Å². The maximum absolute atomic E-state index is 16.1. The molecule has 4 heterocycles. The number of carbonyl (C=O) groups excluding carboxylic acids is 1. The molecule has 236 valence electrons. The molecule has 7 rings (SSSR count). The van der Waals surface area contributed by atoms with Gasteiger partial charge in [0.2, 0.25) is 5.91 Å². The fraction of sp³-hybridized carbons (Fsp3) is 0.314. The van der Waals surface area contributed by atoms with Gasteiger partial charge in [0, 0.05) is 49.3 Å². The minimum Gasteiger partial charge on any atom is -0.490 e. The molecule has 2 aliphatic rings. The first-order valence-electron chi connectivity index (χ1n) is 15.4. The maximum Gasteiger partial charge on any atom is 0.246 e. The third-order valence-corrected chi connectivity index (χ3v) is 9.06. The highest BCUT2D eigenvalue weighted by Crippen LogP contribution is 2.47. The summed E-state index contributed by atoms with van der Waals surface area (Å²) >= 11 is 0. The van der Waals surface area contributed by atoms with Crippen LogP contribution in [0.1, 0.15) is 36.2 Å². The largest absolute Gasteiger partial charge is 0.490 e. The highest BCUT2D eigenvalue weighted by Gasteiger charge is 2.33. The Morgan fingerprint density at radius 1 is 1.07 bits per heavy atom. The molecule has 0 fully saturated rings. The van der Waals surface area contributed by atoms with Gasteiger partial charge in [-0.1, -0.05) is 18.7 Å². The van der Waals surface area contributed by atoms with Crippen molar-refractivity contribution in [3.8, 4) is 39.5 Å². The number of nitrogens with zero attached hydrogens (tertiary/aromatic N) is 6. The van der Waals surface area contributed by atoms with Crippen molar-refractivity contribution in [2.75, 3.05) is 26.9 Å². The summed E-state index contributed by atoms with van der Waals surface area (Å²) in [5.74, 6) is -1.55. The zero-order chi connectivity index (χ0) is 32.1. The number of hydrogen-bond donors (Lipinski definition) is 0. The standard InChI is InChI=1S/C35H34F2N6O3/c1-5-31(44)42-11-12-43-28(20(42)2)18-27(40-43)35-32(33-26(37)16-23(36)17-30(33)46-14-13-45-4)24-7-6-8-25(24)34(39-35)21-9-10-22-19-38-41(3)29(22)15-21/h5,9-10,15-20H,1,6-8,11-14H2,2-4H3. The Hall–Kier alpha value is -4.90. The molecule has 2 aromatic carbocycles. The predicted molar refractivity (Wildman–Crippen MR) is 170 cm³/mol. The number of benzene rings is 2. The van der Waals surface area contributed by atoms with Crippen molar-refractivity contribution in [2.24, 2.45) is 7.05 Å². The van der Waals surface area contributed by atoms with Gasteiger partial charge in [0.05, 0.1) is 53.6 Å². The van der Waals surface area contributed by atoms with Gasteiger partial charge < -0.3 is 14.4 Å². The highest BCUT2D eigenvalue weighted by molar-refractivity contribution is 5.91. The van der Waals surface area contributed by atoms with Crippen LogP contribution in [0.25, 0.3) is 44.7 Å². The minimum absolute atomic E-state index is 0.0795. The van der Waals surface area contributed by atoms with Crippen molar-refractivity contribution >= 4 is 16.8 Å². The average Bonchev–Trinajstić information content (AvgIpc) is 3.80. The number of ether oxygens (including phenoxy) is 2. The second-order valence-electron chi connectivity index (χ2n) is 11.7. The molecule has 0 saturated heterocycles. The summed E-state index contributed by atoms with van der Waals surface area (Å²) in [6.45, 7) is 6.93. The van der Waals surface area contributed by atoms with Gasteiger partial charge in [-0.3, -0.25) is 14.2 Å². The summed E-state index contributed by atoms with van der Waals surface area (Å²) < 4.78 is 45.5. The van der Waals surface area contributed by atoms with Crippen LogP contribution in [0.4, 0.5) is 8.78 Å². The number of rotatable bonds is 8. The predicted octanol–water partition coefficient (Wildman–Crippen LogP) is 6.05. The third kappa shape index (κ3) is 4.95. The van der Waals surface area contributed by atoms with E-state index in [1.54, 1.807) is 4.90 Å². The van der Waals surface area contributed by atoms with Crippen LogP contribution < -0.4 is 4.74 Å². The Balaban J connectivity index is 1.49. The third-order valence-electron chi connectivity index (χ3n) is 9.06. The van der Waals surface area contributed by atoms with Gasteiger partial charge in [-0.25, -0.2) is 13.8 Å². The van der Waals surface area contributed by atoms with Gasteiger partial charge in [0.15, 0.2) is 0 Å². The first kappa shape index (κ1) is 29.8. The van der Waals surface area contributed by atoms with Crippen LogP contribution in [-0.4, -0.2) is 62.2 Å². The Kier molecular flexibility index (Phi) is 7.64. The molecule has 11 heteroatoms. The fourth-order valence-corrected chi connectivity index (χ4v) is 6.82. The van der Waals surface area contributed by atoms with Crippen molar-refractivity contribution in [1.82, 2.24) is 29.4 Å². The lowest BCUT2D eigenvalue weighted by atomic mass is 9.90. The molecule has 1 atom stereocenters. The van der Waals surface area contributed by atoms with Crippen LogP contribution in [0, 0.1) is 11.6 Å². The molecule has 1 unspecified atom stereocenters. The van der Waals surface area contributed by atoms with E-state index in [-0.39, 0.29) is 36.5 Å². The van der Waals surface area contributed by atoms with E-state index in [4.69, 9.17) is 19.6 Å². The summed E-state index contributed by atoms with van der Waals surface area (Å²) in [7, 11) is 3.44. The molecule has 0 saturated carbocycles. The lowest BCUT2D eigenvalue weighted by Gasteiger charge is -2.33. The van der Waals surface area contributed by atoms with Crippen molar-refractivity contribution in [3.05, 3.63) is 83.7 Å². The van der Waals surface area contributed by atoms with Crippen molar-refractivity contribution in [3.63, 3.8) is 0 Å². The molecule has 0 bridgehead atoms. The van der Waals surface area contributed by atoms with Crippen molar-refractivity contribution in [1.29, 1.82) is 0 Å². The summed E-state index contributed by atoms with van der Waals surface area (Å²) in [5.41, 5.74) is 7.17. The van der Waals surface area contributed by atoms with Crippen LogP contribution in [0.3, 0.4) is 0 Å². The smallest absolute Gasteiger partial charge is 0.246 e. The summed E-state index contributed by atoms with van der Waals surface area (Å²) in [5, 5.41) is 10.4. The summed E-state index contributed by atoms with van der Waals surface area (Å²) in [6.07, 6.45) is 5.43. The number of fused-ring (bicyclic) bond motifs is 3. The fourth-order valence-electron chi connectivity index (χ4n) is 6.82. The van der Waals surface area contributed by atoms with E-state index in [1.807, 2.05) is 47.7 Å². The highest BCUT2D eigenvalue weighted by atomic mass is 19.1. The number of hydrogen-bond acceptors (Lipinski definition) is 6. The molecule has 0 radical (unpaired) electrons. The Bertz CT molecular complexity index is 2020. The monoisotopic (exact) mass is 624 g/mol. The van der Waals surface area contributed by atoms with E-state index in [0.717, 1.165) is 57.9 Å². The van der Waals surface area contributed by atoms with Gasteiger partial charge in [0.1, 0.15) is 29.7 Å². The van der Waals surface area contributed by atoms with E-state index in [1.165, 1.54) is 19.3 Å². The number of pyridine rings is 1. The molecular weight excluding hydrogens is 590 g/mol. The lowest BCUT2D eigenvalue weighted by molar-refractivity contribution is -0.129. The number of methoxy groups -OCH3 is 1. The molecular formula is C35H34F2N6O3. The van der Waals surface area contributed by atoms with Crippen LogP contribution in [-0.2, 0) is 36.0 Å². The lowest BCUT2D eigenvalue weighted by Crippen LogP contribution is -2.40. The van der Waals surface area contributed by atoms with Crippen molar-refractivity contribution < 1.29 is 23.0 Å². The second-order valence-corrected chi connectivity index (χ2v) is 11.7. The number of carbonyl (C=O) groups is 1. The van der Waals surface area contributed by atoms with Crippen LogP contribution in [0.15, 0.2) is 55.3 Å². The van der Waals surface area contributed by atoms with E-state index >= 15 is 4.39 Å². The molecule has 1 aliphatic heterocycles. The average molecular weight is 625 g/mol. The van der Waals surface area contributed by atoms with Gasteiger partial charge in [0.25, 0.3) is 0 Å². The second kappa shape index (κ2) is 11.8. The molecule has 9 nitrogen and oxygen atoms in total. The van der Waals surface area contributed by atoms with Gasteiger partial charge in [-0.2, -0.15) is 10.2 Å². The van der Waals surface area contributed by atoms with E-state index in [2.05, 4.69) is 17.7 Å². The molecule has 46 heavy (non-hydrogen) atoms. The first-order chi connectivity index (χ1) is 22.3. The molecule has 1 aliphatic carbocycles. The van der Waals surface area contributed by atoms with Crippen LogP contribution in [0.5, 0.6) is 5.75 Å². The van der Waals surface area contributed by atoms with Crippen LogP contribution in [0.2, 0.25) is 0 Å². The SMILES string of the molecule is C=CC(=O)N1CCn2nc(-c3nc(-c4ccc5cnn(C)c5c4)c4c(c3-c3c(F)cc(F)cc3OCCOC)CCC4)cc2C1C. The maximum atomic E-state index is 16.1. The number of aromatic nitrogens is 5. The molecule has 0 N–H and O–H groups in total. The minimum atomic E-state index is -0.742. The normalized spacial score (nSPS) is 15.7. The first-order valence-corrected chi connectivity index (χ1v) is 15.4. The molecule has 0 spiro atoms. The molecule has 5 aromatic rings. The van der Waals surface area contributed by atoms with E-state index in [9.17, 15) is 9.18 Å². The molecule has 1 amide bonds. The van der Waals surface area contributed by atoms with E-state index < -0.39 is 11.6 Å². The van der Waals surface area contributed by atoms with E-state index in [0.29, 0.717) is 36.5 Å². The van der Waals surface area contributed by atoms with Crippen LogP contribution >= 0.6 is 0 Å². The van der Waals surface area contributed by atoms with Gasteiger partial charge in [-0.15, -0.1) is 0 Å². The van der Waals surface area contributed by atoms with Gasteiger partial charge >= 0.3 is 0 Å². The zero-order valence-corrected chi connectivity index (χ0v) is 26.0. The summed E-state index contributed by atoms with van der Waals surface area (Å²) in [6, 6.07) is 9.88. The number of aryl methyl sites for hydroxylation is 1. The zero-order valence-electron chi connectivity index (χ0n) is 26.0. The Morgan fingerprint density at radius 2 is 1.89 bits per heavy atom. The Labute approximate surface area is 265 Å². The quantitative estimate of drug-likeness (QED) is 0.154. The molecule has 3 aromatic heterocycles. The Morgan fingerprint density at radius 3 is 2.70 bits per heavy atom. The number of amides is 1. The summed E-state index contributed by atoms with van der Waals surface area (Å²) in [4.78, 5) is 19.6. The topological polar surface area (TPSA) is 87.3 Å².